The van der Waals surface area contributed by atoms with E-state index in [2.05, 4.69) is 37.4 Å². The highest BCUT2D eigenvalue weighted by molar-refractivity contribution is 5.91. The normalized spacial score (nSPS) is 19.9. The number of urea groups is 1. The Morgan fingerprint density at radius 3 is 2.31 bits per heavy atom. The Morgan fingerprint density at radius 1 is 1.04 bits per heavy atom. The van der Waals surface area contributed by atoms with E-state index in [4.69, 9.17) is 15.3 Å². The summed E-state index contributed by atoms with van der Waals surface area (Å²) in [6.07, 6.45) is 3.46. The van der Waals surface area contributed by atoms with Gasteiger partial charge in [-0.15, -0.1) is 0 Å². The van der Waals surface area contributed by atoms with Crippen LogP contribution in [0.2, 0.25) is 0 Å². The molecule has 3 heterocycles. The number of hydrazine groups is 1. The fourth-order valence-electron chi connectivity index (χ4n) is 6.08. The first-order chi connectivity index (χ1) is 21.8. The van der Waals surface area contributed by atoms with Crippen LogP contribution in [0.5, 0.6) is 5.75 Å². The summed E-state index contributed by atoms with van der Waals surface area (Å²) < 4.78 is 42.5. The van der Waals surface area contributed by atoms with Gasteiger partial charge in [-0.25, -0.2) is 29.1 Å². The summed E-state index contributed by atoms with van der Waals surface area (Å²) >= 11 is 0. The van der Waals surface area contributed by atoms with Crippen molar-refractivity contribution in [1.82, 2.24) is 20.2 Å². The number of rotatable bonds is 9. The van der Waals surface area contributed by atoms with Crippen LogP contribution >= 0.6 is 0 Å². The van der Waals surface area contributed by atoms with E-state index >= 15 is 0 Å². The lowest BCUT2D eigenvalue weighted by Crippen LogP contribution is -2.46. The summed E-state index contributed by atoms with van der Waals surface area (Å²) in [6.45, 7) is 4.48. The van der Waals surface area contributed by atoms with Gasteiger partial charge in [0.1, 0.15) is 35.6 Å². The van der Waals surface area contributed by atoms with Gasteiger partial charge in [-0.05, 0) is 61.0 Å². The molecule has 1 aromatic heterocycles. The van der Waals surface area contributed by atoms with Crippen LogP contribution in [-0.2, 0) is 16.9 Å². The minimum Gasteiger partial charge on any atom is -0.493 e. The third kappa shape index (κ3) is 6.69. The van der Waals surface area contributed by atoms with Crippen LogP contribution in [-0.4, -0.2) is 67.2 Å². The fourth-order valence-corrected chi connectivity index (χ4v) is 6.08. The molecular formula is C32H36F2N8O3. The van der Waals surface area contributed by atoms with Crippen molar-refractivity contribution < 1.29 is 23.0 Å². The van der Waals surface area contributed by atoms with Gasteiger partial charge in [0.25, 0.3) is 0 Å². The molecule has 2 aliphatic rings. The summed E-state index contributed by atoms with van der Waals surface area (Å²) in [5.41, 5.74) is 4.41. The summed E-state index contributed by atoms with van der Waals surface area (Å²) in [4.78, 5) is 21.9. The second kappa shape index (κ2) is 13.1. The van der Waals surface area contributed by atoms with Crippen LogP contribution < -0.4 is 30.7 Å². The number of anilines is 3. The topological polar surface area (TPSA) is 114 Å². The van der Waals surface area contributed by atoms with Crippen LogP contribution in [0.3, 0.4) is 0 Å². The smallest absolute Gasteiger partial charge is 0.335 e. The lowest BCUT2D eigenvalue weighted by atomic mass is 9.87. The molecule has 2 saturated heterocycles. The van der Waals surface area contributed by atoms with Crippen molar-refractivity contribution in [2.45, 2.75) is 18.6 Å². The molecule has 0 aliphatic carbocycles. The molecule has 13 heteroatoms. The molecule has 0 unspecified atom stereocenters. The van der Waals surface area contributed by atoms with Crippen LogP contribution in [0.1, 0.15) is 12.0 Å². The quantitative estimate of drug-likeness (QED) is 0.165. The second-order valence-electron chi connectivity index (χ2n) is 11.4. The third-order valence-electron chi connectivity index (χ3n) is 8.52. The van der Waals surface area contributed by atoms with Gasteiger partial charge in [0.05, 0.1) is 19.8 Å². The highest BCUT2D eigenvalue weighted by atomic mass is 19.1. The van der Waals surface area contributed by atoms with Crippen molar-refractivity contribution in [1.29, 1.82) is 0 Å². The lowest BCUT2D eigenvalue weighted by molar-refractivity contribution is -0.0206. The van der Waals surface area contributed by atoms with Crippen molar-refractivity contribution in [3.05, 3.63) is 96.6 Å². The maximum atomic E-state index is 14.9. The monoisotopic (exact) mass is 618 g/mol. The Bertz CT molecular complexity index is 1580. The Kier molecular flexibility index (Phi) is 8.80. The van der Waals surface area contributed by atoms with Crippen LogP contribution in [0.25, 0.3) is 0 Å². The summed E-state index contributed by atoms with van der Waals surface area (Å²) in [5.74, 6) is 4.69. The van der Waals surface area contributed by atoms with E-state index in [0.717, 1.165) is 55.1 Å². The molecule has 2 amide bonds. The molecule has 2 fully saturated rings. The molecule has 0 bridgehead atoms. The molecule has 0 radical (unpaired) electrons. The predicted molar refractivity (Wildman–Crippen MR) is 166 cm³/mol. The van der Waals surface area contributed by atoms with E-state index in [0.29, 0.717) is 25.2 Å². The third-order valence-corrected chi connectivity index (χ3v) is 8.52. The molecule has 2 aliphatic heterocycles. The number of carbonyl (C=O) groups excluding carboxylic acids is 1. The number of piperazine rings is 1. The van der Waals surface area contributed by atoms with E-state index in [1.807, 2.05) is 36.4 Å². The Morgan fingerprint density at radius 2 is 1.71 bits per heavy atom. The number of ether oxygens (including phenoxy) is 2. The van der Waals surface area contributed by atoms with Crippen molar-refractivity contribution in [3.63, 3.8) is 0 Å². The van der Waals surface area contributed by atoms with Crippen molar-refractivity contribution >= 4 is 23.1 Å². The fraction of sp³-hybridized carbons (Fsp3) is 0.344. The Balaban J connectivity index is 1.02. The molecule has 236 valence electrons. The molecule has 0 saturated carbocycles. The number of amides is 2. The maximum absolute atomic E-state index is 14.9. The zero-order valence-electron chi connectivity index (χ0n) is 25.0. The number of benzene rings is 3. The molecule has 4 aromatic rings. The Labute approximate surface area is 260 Å². The summed E-state index contributed by atoms with van der Waals surface area (Å²) in [5, 5.41) is 4.17. The van der Waals surface area contributed by atoms with E-state index in [-0.39, 0.29) is 18.5 Å². The minimum atomic E-state index is -1.01. The molecule has 6 rings (SSSR count). The number of carbonyl (C=O) groups is 1. The molecule has 2 atom stereocenters. The van der Waals surface area contributed by atoms with Gasteiger partial charge in [0.15, 0.2) is 0 Å². The molecule has 45 heavy (non-hydrogen) atoms. The lowest BCUT2D eigenvalue weighted by Gasteiger charge is -2.37. The first-order valence-electron chi connectivity index (χ1n) is 14.8. The van der Waals surface area contributed by atoms with Crippen LogP contribution in [0.15, 0.2) is 79.4 Å². The first-order valence-corrected chi connectivity index (χ1v) is 14.8. The number of nitrogens with two attached hydrogens (primary N) is 1. The van der Waals surface area contributed by atoms with E-state index < -0.39 is 17.2 Å². The zero-order chi connectivity index (χ0) is 31.4. The predicted octanol–water partition coefficient (Wildman–Crippen LogP) is 3.91. The number of halogens is 2. The largest absolute Gasteiger partial charge is 0.493 e. The number of aromatic nitrogens is 3. The van der Waals surface area contributed by atoms with Gasteiger partial charge in [0.2, 0.25) is 0 Å². The van der Waals surface area contributed by atoms with Gasteiger partial charge in [-0.2, -0.15) is 5.10 Å². The van der Waals surface area contributed by atoms with Gasteiger partial charge in [0, 0.05) is 67.8 Å². The van der Waals surface area contributed by atoms with Crippen LogP contribution in [0.4, 0.5) is 30.6 Å². The molecule has 11 nitrogen and oxygen atoms in total. The first kappa shape index (κ1) is 30.3. The number of hydrogen-bond donors (Lipinski definition) is 2. The zero-order valence-corrected chi connectivity index (χ0v) is 25.0. The number of hydrogen-bond acceptors (Lipinski definition) is 8. The highest BCUT2D eigenvalue weighted by Crippen LogP contribution is 2.42. The number of nitrogens with one attached hydrogen (secondary N) is 1. The van der Waals surface area contributed by atoms with Gasteiger partial charge >= 0.3 is 6.03 Å². The average Bonchev–Trinajstić information content (AvgIpc) is 3.74. The van der Waals surface area contributed by atoms with E-state index in [9.17, 15) is 13.6 Å². The molecule has 3 aromatic carbocycles. The molecule has 0 spiro atoms. The van der Waals surface area contributed by atoms with Crippen LogP contribution in [0, 0.1) is 17.6 Å². The van der Waals surface area contributed by atoms with E-state index in [1.54, 1.807) is 18.1 Å². The molecular weight excluding hydrogens is 582 g/mol. The van der Waals surface area contributed by atoms with Gasteiger partial charge < -0.3 is 19.3 Å². The van der Waals surface area contributed by atoms with Crippen molar-refractivity contribution in [2.75, 3.05) is 61.1 Å². The van der Waals surface area contributed by atoms with Gasteiger partial charge in [-0.1, -0.05) is 6.07 Å². The summed E-state index contributed by atoms with van der Waals surface area (Å²) in [6, 6.07) is 19.1. The highest BCUT2D eigenvalue weighted by Gasteiger charge is 2.44. The SMILES string of the molecule is CN(C(=O)NN)c1ccc(N2CCN(c3ccc(OC[C@@H]4CO[C@@](Cn5cncn5)(c5ccc(F)cc5F)C4)cc3)CC2)cc1. The van der Waals surface area contributed by atoms with Crippen molar-refractivity contribution in [2.24, 2.45) is 11.8 Å². The van der Waals surface area contributed by atoms with Crippen molar-refractivity contribution in [3.8, 4) is 5.75 Å². The second-order valence-corrected chi connectivity index (χ2v) is 11.4. The summed E-state index contributed by atoms with van der Waals surface area (Å²) in [7, 11) is 1.67. The average molecular weight is 619 g/mol. The Hall–Kier alpha value is -4.75. The van der Waals surface area contributed by atoms with Gasteiger partial charge in [-0.3, -0.25) is 10.3 Å². The maximum Gasteiger partial charge on any atom is 0.335 e. The minimum absolute atomic E-state index is 0.00184. The standard InChI is InChI=1S/C32H36F2N8O3/c1-39(31(43)38-35)25-3-5-26(6-4-25)40-12-14-41(15-13-40)27-7-9-28(10-8-27)44-18-23-17-32(45-19-23,20-42-22-36-21-37-42)29-11-2-24(33)16-30(29)34/h2-11,16,21-23H,12-15,17-20,35H2,1H3,(H,38,43)/t23-,32+/m1/s1. The number of nitrogens with zero attached hydrogens (tertiary/aromatic N) is 6. The van der Waals surface area contributed by atoms with E-state index in [1.165, 1.54) is 23.4 Å². The molecule has 3 N–H and O–H groups in total.